The fourth-order valence-corrected chi connectivity index (χ4v) is 3.64. The number of nitrogens with zero attached hydrogens (tertiary/aromatic N) is 2. The van der Waals surface area contributed by atoms with E-state index in [0.717, 1.165) is 18.5 Å². The second-order valence-corrected chi connectivity index (χ2v) is 7.69. The zero-order valence-electron chi connectivity index (χ0n) is 12.6. The highest BCUT2D eigenvalue weighted by atomic mass is 35.5. The molecule has 3 rings (SSSR count). The Balaban J connectivity index is 1.75. The number of benzene rings is 1. The van der Waals surface area contributed by atoms with Gasteiger partial charge in [0.05, 0.1) is 10.8 Å². The summed E-state index contributed by atoms with van der Waals surface area (Å²) < 4.78 is 59.5. The predicted molar refractivity (Wildman–Crippen MR) is 86.9 cm³/mol. The highest BCUT2D eigenvalue weighted by Crippen LogP contribution is 2.23. The van der Waals surface area contributed by atoms with Gasteiger partial charge in [-0.25, -0.2) is 21.9 Å². The SMILES string of the molecule is O=S(=O)(NCc1cc(F)c(-c2ncon2)cc1F)C1C=CC(Cl)=CC1. The summed E-state index contributed by atoms with van der Waals surface area (Å²) in [7, 11) is -3.76. The number of hydrogen-bond acceptors (Lipinski definition) is 5. The van der Waals surface area contributed by atoms with Gasteiger partial charge in [0.2, 0.25) is 22.2 Å². The van der Waals surface area contributed by atoms with E-state index in [9.17, 15) is 17.2 Å². The molecule has 1 aromatic heterocycles. The summed E-state index contributed by atoms with van der Waals surface area (Å²) in [5.74, 6) is -1.67. The summed E-state index contributed by atoms with van der Waals surface area (Å²) in [6.07, 6.45) is 5.70. The zero-order valence-corrected chi connectivity index (χ0v) is 14.2. The molecule has 0 fully saturated rings. The predicted octanol–water partition coefficient (Wildman–Crippen LogP) is 2.89. The van der Waals surface area contributed by atoms with Crippen molar-refractivity contribution in [2.45, 2.75) is 18.2 Å². The molecule has 0 amide bonds. The molecule has 132 valence electrons. The van der Waals surface area contributed by atoms with Crippen LogP contribution in [0.2, 0.25) is 0 Å². The molecular weight excluding hydrogens is 376 g/mol. The average Bonchev–Trinajstić information content (AvgIpc) is 3.10. The number of hydrogen-bond donors (Lipinski definition) is 1. The first-order valence-electron chi connectivity index (χ1n) is 7.14. The topological polar surface area (TPSA) is 85.1 Å². The molecule has 1 heterocycles. The molecule has 1 atom stereocenters. The minimum absolute atomic E-state index is 0.0976. The first-order valence-corrected chi connectivity index (χ1v) is 9.06. The van der Waals surface area contributed by atoms with Crippen molar-refractivity contribution in [3.8, 4) is 11.4 Å². The van der Waals surface area contributed by atoms with Gasteiger partial charge in [0.25, 0.3) is 0 Å². The molecule has 25 heavy (non-hydrogen) atoms. The van der Waals surface area contributed by atoms with Gasteiger partial charge in [-0.1, -0.05) is 28.9 Å². The second kappa shape index (κ2) is 7.03. The Hall–Kier alpha value is -2.10. The molecule has 1 aromatic carbocycles. The number of nitrogens with one attached hydrogen (secondary N) is 1. The van der Waals surface area contributed by atoms with Crippen molar-refractivity contribution in [1.29, 1.82) is 0 Å². The van der Waals surface area contributed by atoms with E-state index in [2.05, 4.69) is 19.4 Å². The van der Waals surface area contributed by atoms with Crippen molar-refractivity contribution >= 4 is 21.6 Å². The first-order chi connectivity index (χ1) is 11.9. The van der Waals surface area contributed by atoms with Crippen LogP contribution in [0.1, 0.15) is 12.0 Å². The molecule has 1 unspecified atom stereocenters. The monoisotopic (exact) mass is 387 g/mol. The molecule has 0 radical (unpaired) electrons. The number of sulfonamides is 1. The normalized spacial score (nSPS) is 17.6. The average molecular weight is 388 g/mol. The van der Waals surface area contributed by atoms with Crippen LogP contribution in [0.25, 0.3) is 11.4 Å². The number of aromatic nitrogens is 2. The lowest BCUT2D eigenvalue weighted by molar-refractivity contribution is 0.418. The summed E-state index contributed by atoms with van der Waals surface area (Å²) in [4.78, 5) is 3.65. The fourth-order valence-electron chi connectivity index (χ4n) is 2.27. The zero-order chi connectivity index (χ0) is 18.0. The smallest absolute Gasteiger partial charge is 0.218 e. The van der Waals surface area contributed by atoms with Crippen LogP contribution in [0, 0.1) is 11.6 Å². The molecule has 2 aromatic rings. The van der Waals surface area contributed by atoms with E-state index in [1.807, 2.05) is 0 Å². The lowest BCUT2D eigenvalue weighted by Crippen LogP contribution is -2.33. The van der Waals surface area contributed by atoms with Crippen molar-refractivity contribution < 1.29 is 21.7 Å². The lowest BCUT2D eigenvalue weighted by atomic mass is 10.1. The molecule has 0 saturated carbocycles. The standard InChI is InChI=1S/C15H12ClF2N3O3S/c16-10-1-3-11(4-2-10)25(22,23)20-7-9-5-14(18)12(6-13(9)17)15-19-8-24-21-15/h1-3,5-6,8,11,20H,4,7H2. The summed E-state index contributed by atoms with van der Waals surface area (Å²) in [6.45, 7) is -0.389. The highest BCUT2D eigenvalue weighted by molar-refractivity contribution is 7.90. The third-order valence-corrected chi connectivity index (χ3v) is 5.59. The molecule has 1 aliphatic rings. The molecule has 0 bridgehead atoms. The van der Waals surface area contributed by atoms with Gasteiger partial charge < -0.3 is 4.52 Å². The van der Waals surface area contributed by atoms with Gasteiger partial charge in [0.1, 0.15) is 11.6 Å². The Kier molecular flexibility index (Phi) is 4.98. The minimum Gasteiger partial charge on any atom is -0.342 e. The lowest BCUT2D eigenvalue weighted by Gasteiger charge is -2.16. The molecule has 0 aliphatic heterocycles. The van der Waals surface area contributed by atoms with E-state index < -0.39 is 26.9 Å². The van der Waals surface area contributed by atoms with E-state index in [-0.39, 0.29) is 29.9 Å². The van der Waals surface area contributed by atoms with E-state index in [0.29, 0.717) is 5.03 Å². The summed E-state index contributed by atoms with van der Waals surface area (Å²) >= 11 is 5.75. The second-order valence-electron chi connectivity index (χ2n) is 5.27. The van der Waals surface area contributed by atoms with Crippen LogP contribution in [0.4, 0.5) is 8.78 Å². The Morgan fingerprint density at radius 1 is 1.32 bits per heavy atom. The number of halogens is 3. The van der Waals surface area contributed by atoms with Crippen LogP contribution < -0.4 is 4.72 Å². The molecule has 10 heteroatoms. The first kappa shape index (κ1) is 17.7. The van der Waals surface area contributed by atoms with Crippen LogP contribution in [-0.4, -0.2) is 23.8 Å². The van der Waals surface area contributed by atoms with Crippen molar-refractivity contribution in [2.75, 3.05) is 0 Å². The van der Waals surface area contributed by atoms with Crippen LogP contribution >= 0.6 is 11.6 Å². The molecule has 0 saturated heterocycles. The van der Waals surface area contributed by atoms with Crippen LogP contribution in [0.3, 0.4) is 0 Å². The molecule has 1 N–H and O–H groups in total. The summed E-state index contributed by atoms with van der Waals surface area (Å²) in [5, 5.41) is 3.08. The summed E-state index contributed by atoms with van der Waals surface area (Å²) in [6, 6.07) is 1.80. The Labute approximate surface area is 147 Å². The summed E-state index contributed by atoms with van der Waals surface area (Å²) in [5.41, 5.74) is -0.311. The quantitative estimate of drug-likeness (QED) is 0.852. The van der Waals surface area contributed by atoms with E-state index >= 15 is 0 Å². The number of allylic oxidation sites excluding steroid dienone is 3. The Morgan fingerprint density at radius 2 is 2.12 bits per heavy atom. The maximum absolute atomic E-state index is 14.2. The largest absolute Gasteiger partial charge is 0.342 e. The third kappa shape index (κ3) is 3.94. The maximum atomic E-state index is 14.2. The van der Waals surface area contributed by atoms with Crippen molar-refractivity contribution in [3.05, 3.63) is 59.0 Å². The van der Waals surface area contributed by atoms with Crippen molar-refractivity contribution in [1.82, 2.24) is 14.9 Å². The molecule has 6 nitrogen and oxygen atoms in total. The Bertz CT molecular complexity index is 943. The van der Waals surface area contributed by atoms with E-state index in [1.54, 1.807) is 6.08 Å². The van der Waals surface area contributed by atoms with Crippen molar-refractivity contribution in [2.24, 2.45) is 0 Å². The van der Waals surface area contributed by atoms with Gasteiger partial charge in [-0.15, -0.1) is 0 Å². The van der Waals surface area contributed by atoms with Crippen LogP contribution in [0.5, 0.6) is 0 Å². The van der Waals surface area contributed by atoms with Crippen LogP contribution in [-0.2, 0) is 16.6 Å². The molecule has 1 aliphatic carbocycles. The number of rotatable bonds is 5. The van der Waals surface area contributed by atoms with E-state index in [4.69, 9.17) is 11.6 Å². The van der Waals surface area contributed by atoms with Gasteiger partial charge in [-0.3, -0.25) is 0 Å². The molecule has 0 spiro atoms. The molecular formula is C15H12ClF2N3O3S. The van der Waals surface area contributed by atoms with Gasteiger partial charge >= 0.3 is 0 Å². The third-order valence-electron chi connectivity index (χ3n) is 3.62. The van der Waals surface area contributed by atoms with Crippen molar-refractivity contribution in [3.63, 3.8) is 0 Å². The minimum atomic E-state index is -3.76. The Morgan fingerprint density at radius 3 is 2.76 bits per heavy atom. The van der Waals surface area contributed by atoms with Gasteiger partial charge in [0.15, 0.2) is 0 Å². The maximum Gasteiger partial charge on any atom is 0.218 e. The van der Waals surface area contributed by atoms with Gasteiger partial charge in [-0.05, 0) is 24.6 Å². The van der Waals surface area contributed by atoms with Gasteiger partial charge in [0, 0.05) is 17.1 Å². The fraction of sp³-hybridized carbons (Fsp3) is 0.200. The highest BCUT2D eigenvalue weighted by Gasteiger charge is 2.24. The van der Waals surface area contributed by atoms with Crippen LogP contribution in [0.15, 0.2) is 46.3 Å². The van der Waals surface area contributed by atoms with Gasteiger partial charge in [-0.2, -0.15) is 4.98 Å². The van der Waals surface area contributed by atoms with E-state index in [1.165, 1.54) is 12.2 Å².